The molecule has 3 heterocycles. The molecule has 1 amide bonds. The van der Waals surface area contributed by atoms with E-state index < -0.39 is 0 Å². The first-order valence-electron chi connectivity index (χ1n) is 6.27. The molecule has 3 aromatic rings. The van der Waals surface area contributed by atoms with Gasteiger partial charge in [0.05, 0.1) is 18.7 Å². The summed E-state index contributed by atoms with van der Waals surface area (Å²) in [7, 11) is 0. The zero-order chi connectivity index (χ0) is 13.8. The van der Waals surface area contributed by atoms with E-state index >= 15 is 0 Å². The minimum Gasteiger partial charge on any atom is -0.346 e. The van der Waals surface area contributed by atoms with Crippen molar-refractivity contribution in [1.29, 1.82) is 0 Å². The van der Waals surface area contributed by atoms with Crippen LogP contribution in [-0.4, -0.2) is 20.7 Å². The molecule has 3 aromatic heterocycles. The normalized spacial score (nSPS) is 12.2. The van der Waals surface area contributed by atoms with Crippen molar-refractivity contribution in [2.24, 2.45) is 0 Å². The number of anilines is 1. The summed E-state index contributed by atoms with van der Waals surface area (Å²) in [4.78, 5) is 12.1. The van der Waals surface area contributed by atoms with E-state index in [2.05, 4.69) is 31.5 Å². The van der Waals surface area contributed by atoms with Crippen LogP contribution in [0.3, 0.4) is 0 Å². The van der Waals surface area contributed by atoms with Gasteiger partial charge in [-0.05, 0) is 34.5 Å². The Labute approximate surface area is 120 Å². The number of carbonyl (C=O) groups is 1. The number of carbonyl (C=O) groups excluding carboxylic acids is 1. The van der Waals surface area contributed by atoms with Gasteiger partial charge in [-0.15, -0.1) is 0 Å². The van der Waals surface area contributed by atoms with Gasteiger partial charge in [0.25, 0.3) is 0 Å². The molecule has 0 aliphatic carbocycles. The van der Waals surface area contributed by atoms with Crippen molar-refractivity contribution in [2.75, 3.05) is 5.32 Å². The van der Waals surface area contributed by atoms with Crippen LogP contribution in [-0.2, 0) is 4.79 Å². The summed E-state index contributed by atoms with van der Waals surface area (Å²) in [6.45, 7) is 0. The Hall–Kier alpha value is -2.34. The number of aromatic nitrogens is 3. The van der Waals surface area contributed by atoms with E-state index in [1.54, 1.807) is 23.6 Å². The largest absolute Gasteiger partial charge is 0.346 e. The highest BCUT2D eigenvalue weighted by atomic mass is 32.1. The summed E-state index contributed by atoms with van der Waals surface area (Å²) >= 11 is 1.64. The lowest BCUT2D eigenvalue weighted by atomic mass is 10.1. The molecular formula is C14H14N4OS. The summed E-state index contributed by atoms with van der Waals surface area (Å²) in [5.41, 5.74) is 1.14. The van der Waals surface area contributed by atoms with E-state index in [1.807, 2.05) is 29.9 Å². The second-order valence-corrected chi connectivity index (χ2v) is 5.21. The van der Waals surface area contributed by atoms with Crippen molar-refractivity contribution >= 4 is 23.1 Å². The molecule has 0 aromatic carbocycles. The second-order valence-electron chi connectivity index (χ2n) is 4.43. The first-order valence-corrected chi connectivity index (χ1v) is 7.21. The van der Waals surface area contributed by atoms with Crippen LogP contribution >= 0.6 is 11.3 Å². The highest BCUT2D eigenvalue weighted by Gasteiger charge is 2.18. The van der Waals surface area contributed by atoms with Gasteiger partial charge in [0.1, 0.15) is 5.82 Å². The Morgan fingerprint density at radius 1 is 1.40 bits per heavy atom. The minimum absolute atomic E-state index is 0.0131. The van der Waals surface area contributed by atoms with Crippen LogP contribution < -0.4 is 5.32 Å². The second kappa shape index (κ2) is 5.75. The average Bonchev–Trinajstić information content (AvgIpc) is 3.18. The number of nitrogens with one attached hydrogen (secondary N) is 2. The summed E-state index contributed by atoms with van der Waals surface area (Å²) < 4.78 is 2.05. The van der Waals surface area contributed by atoms with E-state index in [1.165, 1.54) is 0 Å². The first-order chi connectivity index (χ1) is 9.83. The molecule has 0 spiro atoms. The van der Waals surface area contributed by atoms with Gasteiger partial charge < -0.3 is 9.88 Å². The van der Waals surface area contributed by atoms with Gasteiger partial charge in [-0.25, -0.2) is 0 Å². The molecule has 0 aliphatic heterocycles. The van der Waals surface area contributed by atoms with Crippen molar-refractivity contribution in [2.45, 2.75) is 12.5 Å². The fourth-order valence-electron chi connectivity index (χ4n) is 2.12. The lowest BCUT2D eigenvalue weighted by Crippen LogP contribution is -2.19. The maximum atomic E-state index is 12.1. The maximum absolute atomic E-state index is 12.1. The van der Waals surface area contributed by atoms with Crippen LogP contribution in [0.5, 0.6) is 0 Å². The Balaban J connectivity index is 1.75. The third-order valence-electron chi connectivity index (χ3n) is 3.07. The number of amides is 1. The van der Waals surface area contributed by atoms with Crippen LogP contribution in [0.2, 0.25) is 0 Å². The fourth-order valence-corrected chi connectivity index (χ4v) is 2.83. The zero-order valence-corrected chi connectivity index (χ0v) is 11.5. The van der Waals surface area contributed by atoms with Crippen LogP contribution in [0.25, 0.3) is 0 Å². The Morgan fingerprint density at radius 2 is 2.25 bits per heavy atom. The van der Waals surface area contributed by atoms with E-state index in [4.69, 9.17) is 0 Å². The lowest BCUT2D eigenvalue weighted by Gasteiger charge is -2.17. The van der Waals surface area contributed by atoms with Crippen LogP contribution in [0.1, 0.15) is 18.0 Å². The molecule has 102 valence electrons. The monoisotopic (exact) mass is 286 g/mol. The number of nitrogens with zero attached hydrogens (tertiary/aromatic N) is 2. The number of thiophene rings is 1. The SMILES string of the molecule is O=C(C[C@H](c1ccsc1)n1cccc1)Nc1ccn[nH]1. The number of rotatable bonds is 5. The van der Waals surface area contributed by atoms with Crippen LogP contribution in [0.15, 0.2) is 53.6 Å². The molecule has 2 N–H and O–H groups in total. The predicted molar refractivity (Wildman–Crippen MR) is 78.7 cm³/mol. The molecule has 0 fully saturated rings. The molecule has 6 heteroatoms. The molecule has 1 atom stereocenters. The Bertz CT molecular complexity index is 609. The molecule has 0 bridgehead atoms. The summed E-state index contributed by atoms with van der Waals surface area (Å²) in [6, 6.07) is 7.73. The minimum atomic E-state index is -0.0425. The molecule has 0 saturated carbocycles. The van der Waals surface area contributed by atoms with Crippen molar-refractivity contribution in [3.63, 3.8) is 0 Å². The average molecular weight is 286 g/mol. The van der Waals surface area contributed by atoms with Gasteiger partial charge in [0, 0.05) is 18.5 Å². The summed E-state index contributed by atoms with van der Waals surface area (Å²) in [5.74, 6) is 0.575. The van der Waals surface area contributed by atoms with Crippen molar-refractivity contribution in [1.82, 2.24) is 14.8 Å². The Morgan fingerprint density at radius 3 is 2.90 bits per heavy atom. The van der Waals surface area contributed by atoms with Crippen molar-refractivity contribution in [3.05, 3.63) is 59.2 Å². The first kappa shape index (κ1) is 12.7. The lowest BCUT2D eigenvalue weighted by molar-refractivity contribution is -0.116. The predicted octanol–water partition coefficient (Wildman–Crippen LogP) is 2.89. The topological polar surface area (TPSA) is 62.7 Å². The molecule has 20 heavy (non-hydrogen) atoms. The molecule has 0 saturated heterocycles. The van der Waals surface area contributed by atoms with Gasteiger partial charge >= 0.3 is 0 Å². The number of aromatic amines is 1. The molecule has 0 unspecified atom stereocenters. The molecule has 0 aliphatic rings. The maximum Gasteiger partial charge on any atom is 0.227 e. The standard InChI is InChI=1S/C14H14N4OS/c19-14(16-13-3-5-15-17-13)9-12(11-4-8-20-10-11)18-6-1-2-7-18/h1-8,10,12H,9H2,(H2,15,16,17,19)/t12-/m1/s1. The highest BCUT2D eigenvalue weighted by molar-refractivity contribution is 7.08. The third-order valence-corrected chi connectivity index (χ3v) is 3.77. The van der Waals surface area contributed by atoms with E-state index in [9.17, 15) is 4.79 Å². The van der Waals surface area contributed by atoms with E-state index in [-0.39, 0.29) is 11.9 Å². The fraction of sp³-hybridized carbons (Fsp3) is 0.143. The summed E-state index contributed by atoms with van der Waals surface area (Å²) in [5, 5.41) is 13.4. The number of H-pyrrole nitrogens is 1. The molecular weight excluding hydrogens is 272 g/mol. The van der Waals surface area contributed by atoms with Crippen LogP contribution in [0.4, 0.5) is 5.82 Å². The van der Waals surface area contributed by atoms with Gasteiger partial charge in [-0.3, -0.25) is 9.89 Å². The van der Waals surface area contributed by atoms with E-state index in [0.29, 0.717) is 12.2 Å². The molecule has 0 radical (unpaired) electrons. The smallest absolute Gasteiger partial charge is 0.227 e. The van der Waals surface area contributed by atoms with Crippen molar-refractivity contribution < 1.29 is 4.79 Å². The van der Waals surface area contributed by atoms with Gasteiger partial charge in [-0.1, -0.05) is 0 Å². The zero-order valence-electron chi connectivity index (χ0n) is 10.7. The summed E-state index contributed by atoms with van der Waals surface area (Å²) in [6.07, 6.45) is 5.94. The third kappa shape index (κ3) is 2.80. The van der Waals surface area contributed by atoms with Crippen molar-refractivity contribution in [3.8, 4) is 0 Å². The number of hydrogen-bond acceptors (Lipinski definition) is 3. The molecule has 5 nitrogen and oxygen atoms in total. The van der Waals surface area contributed by atoms with E-state index in [0.717, 1.165) is 5.56 Å². The van der Waals surface area contributed by atoms with Gasteiger partial charge in [-0.2, -0.15) is 16.4 Å². The van der Waals surface area contributed by atoms with Crippen LogP contribution in [0, 0.1) is 0 Å². The van der Waals surface area contributed by atoms with Gasteiger partial charge in [0.15, 0.2) is 0 Å². The Kier molecular flexibility index (Phi) is 3.64. The highest BCUT2D eigenvalue weighted by Crippen LogP contribution is 2.24. The quantitative estimate of drug-likeness (QED) is 0.757. The number of hydrogen-bond donors (Lipinski definition) is 2. The molecule has 3 rings (SSSR count). The van der Waals surface area contributed by atoms with Gasteiger partial charge in [0.2, 0.25) is 5.91 Å².